The Balaban J connectivity index is 1.40. The summed E-state index contributed by atoms with van der Waals surface area (Å²) in [7, 11) is 1.58. The van der Waals surface area contributed by atoms with Crippen LogP contribution in [0.25, 0.3) is 16.9 Å². The first kappa shape index (κ1) is 26.0. The van der Waals surface area contributed by atoms with Gasteiger partial charge < -0.3 is 10.1 Å². The molecule has 0 bridgehead atoms. The van der Waals surface area contributed by atoms with Gasteiger partial charge in [-0.25, -0.2) is 9.50 Å². The van der Waals surface area contributed by atoms with E-state index in [0.717, 1.165) is 17.2 Å². The second-order valence-corrected chi connectivity index (χ2v) is 9.33. The molecule has 11 heteroatoms. The van der Waals surface area contributed by atoms with E-state index in [2.05, 4.69) is 20.5 Å². The Labute approximate surface area is 222 Å². The minimum absolute atomic E-state index is 0.0911. The van der Waals surface area contributed by atoms with Gasteiger partial charge in [0.25, 0.3) is 5.91 Å². The summed E-state index contributed by atoms with van der Waals surface area (Å²) >= 11 is 0. The lowest BCUT2D eigenvalue weighted by Gasteiger charge is -2.11. The molecule has 0 saturated carbocycles. The van der Waals surface area contributed by atoms with Crippen LogP contribution in [0, 0.1) is 0 Å². The number of halogens is 3. The highest BCUT2D eigenvalue weighted by atomic mass is 19.4. The highest BCUT2D eigenvalue weighted by molar-refractivity contribution is 6.03. The number of benzene rings is 2. The summed E-state index contributed by atoms with van der Waals surface area (Å²) in [5.41, 5.74) is 1.71. The minimum atomic E-state index is -4.71. The van der Waals surface area contributed by atoms with E-state index in [1.807, 2.05) is 50.2 Å². The molecule has 0 fully saturated rings. The van der Waals surface area contributed by atoms with Gasteiger partial charge in [0.15, 0.2) is 17.0 Å². The maximum atomic E-state index is 14.0. The third-order valence-electron chi connectivity index (χ3n) is 6.19. The number of rotatable bonds is 7. The zero-order valence-corrected chi connectivity index (χ0v) is 21.4. The number of nitrogens with zero attached hydrogens (tertiary/aromatic N) is 5. The number of nitrogens with one attached hydrogen (secondary N) is 1. The number of carbonyl (C=O) groups is 1. The van der Waals surface area contributed by atoms with Crippen LogP contribution in [0.15, 0.2) is 73.1 Å². The number of anilines is 1. The molecule has 1 N–H and O–H groups in total. The summed E-state index contributed by atoms with van der Waals surface area (Å²) in [6, 6.07) is 16.9. The second-order valence-electron chi connectivity index (χ2n) is 9.33. The molecule has 3 heterocycles. The maximum absolute atomic E-state index is 14.0. The molecule has 0 aliphatic carbocycles. The fourth-order valence-corrected chi connectivity index (χ4v) is 4.14. The standard InChI is InChI=1S/C28H25F3N6O2/c1-17(2)19-7-9-20(10-8-19)23-12-25(28(29,30)31)37-26(34-23)13-24(35-37)27(38)33-21-14-32-36(16-21)15-18-5-4-6-22(11-18)39-3/h4-14,16-17H,15H2,1-3H3,(H,33,38). The molecule has 0 spiro atoms. The zero-order chi connectivity index (χ0) is 27.7. The van der Waals surface area contributed by atoms with Gasteiger partial charge in [-0.3, -0.25) is 9.48 Å². The lowest BCUT2D eigenvalue weighted by atomic mass is 10.0. The van der Waals surface area contributed by atoms with E-state index >= 15 is 0 Å². The van der Waals surface area contributed by atoms with Crippen molar-refractivity contribution in [2.75, 3.05) is 12.4 Å². The van der Waals surface area contributed by atoms with Gasteiger partial charge in [0.1, 0.15) is 5.75 Å². The number of fused-ring (bicyclic) bond motifs is 1. The lowest BCUT2D eigenvalue weighted by Crippen LogP contribution is -2.15. The van der Waals surface area contributed by atoms with E-state index in [9.17, 15) is 18.0 Å². The van der Waals surface area contributed by atoms with Crippen molar-refractivity contribution < 1.29 is 22.7 Å². The normalized spacial score (nSPS) is 11.8. The van der Waals surface area contributed by atoms with Crippen molar-refractivity contribution >= 4 is 17.2 Å². The Hall–Kier alpha value is -4.67. The molecular weight excluding hydrogens is 509 g/mol. The van der Waals surface area contributed by atoms with Crippen LogP contribution in [0.3, 0.4) is 0 Å². The van der Waals surface area contributed by atoms with Crippen LogP contribution in [0.1, 0.15) is 47.1 Å². The number of hydrogen-bond acceptors (Lipinski definition) is 5. The molecule has 8 nitrogen and oxygen atoms in total. The zero-order valence-electron chi connectivity index (χ0n) is 21.4. The average Bonchev–Trinajstić information content (AvgIpc) is 3.54. The Kier molecular flexibility index (Phi) is 6.81. The molecule has 0 unspecified atom stereocenters. The van der Waals surface area contributed by atoms with E-state index in [1.54, 1.807) is 30.1 Å². The quantitative estimate of drug-likeness (QED) is 0.275. The van der Waals surface area contributed by atoms with Crippen LogP contribution in [0.5, 0.6) is 5.75 Å². The van der Waals surface area contributed by atoms with Crippen molar-refractivity contribution in [1.82, 2.24) is 24.4 Å². The molecule has 5 aromatic rings. The van der Waals surface area contributed by atoms with Crippen molar-refractivity contribution in [2.24, 2.45) is 0 Å². The third-order valence-corrected chi connectivity index (χ3v) is 6.19. The summed E-state index contributed by atoms with van der Waals surface area (Å²) in [4.78, 5) is 17.3. The summed E-state index contributed by atoms with van der Waals surface area (Å²) in [6.45, 7) is 4.50. The van der Waals surface area contributed by atoms with Crippen molar-refractivity contribution in [3.05, 3.63) is 95.6 Å². The Morgan fingerprint density at radius 3 is 2.54 bits per heavy atom. The maximum Gasteiger partial charge on any atom is 0.433 e. The largest absolute Gasteiger partial charge is 0.497 e. The van der Waals surface area contributed by atoms with Gasteiger partial charge in [0.2, 0.25) is 0 Å². The molecule has 200 valence electrons. The number of ether oxygens (including phenoxy) is 1. The molecule has 2 aromatic carbocycles. The molecule has 39 heavy (non-hydrogen) atoms. The lowest BCUT2D eigenvalue weighted by molar-refractivity contribution is -0.142. The molecule has 0 aliphatic heterocycles. The monoisotopic (exact) mass is 534 g/mol. The first-order chi connectivity index (χ1) is 18.6. The Bertz CT molecular complexity index is 1640. The highest BCUT2D eigenvalue weighted by Gasteiger charge is 2.35. The first-order valence-electron chi connectivity index (χ1n) is 12.2. The highest BCUT2D eigenvalue weighted by Crippen LogP contribution is 2.33. The molecule has 3 aromatic heterocycles. The van der Waals surface area contributed by atoms with Gasteiger partial charge in [0.05, 0.1) is 31.2 Å². The molecule has 0 radical (unpaired) electrons. The van der Waals surface area contributed by atoms with Crippen molar-refractivity contribution in [2.45, 2.75) is 32.5 Å². The molecule has 0 saturated heterocycles. The van der Waals surface area contributed by atoms with Gasteiger partial charge in [-0.05, 0) is 35.2 Å². The molecule has 0 atom stereocenters. The van der Waals surface area contributed by atoms with Crippen molar-refractivity contribution in [3.63, 3.8) is 0 Å². The van der Waals surface area contributed by atoms with E-state index in [-0.39, 0.29) is 23.0 Å². The van der Waals surface area contributed by atoms with Gasteiger partial charge >= 0.3 is 6.18 Å². The predicted octanol–water partition coefficient (Wildman–Crippen LogP) is 6.04. The fraction of sp³-hybridized carbons (Fsp3) is 0.214. The number of methoxy groups -OCH3 is 1. The Morgan fingerprint density at radius 2 is 1.85 bits per heavy atom. The van der Waals surface area contributed by atoms with Gasteiger partial charge in [0, 0.05) is 17.8 Å². The van der Waals surface area contributed by atoms with E-state index in [4.69, 9.17) is 4.74 Å². The molecule has 1 amide bonds. The predicted molar refractivity (Wildman–Crippen MR) is 140 cm³/mol. The minimum Gasteiger partial charge on any atom is -0.497 e. The third kappa shape index (κ3) is 5.62. The number of alkyl halides is 3. The summed E-state index contributed by atoms with van der Waals surface area (Å²) in [5.74, 6) is 0.310. The Morgan fingerprint density at radius 1 is 1.08 bits per heavy atom. The topological polar surface area (TPSA) is 86.3 Å². The summed E-state index contributed by atoms with van der Waals surface area (Å²) in [5, 5.41) is 10.8. The van der Waals surface area contributed by atoms with E-state index in [1.165, 1.54) is 12.3 Å². The van der Waals surface area contributed by atoms with Crippen LogP contribution in [0.2, 0.25) is 0 Å². The smallest absolute Gasteiger partial charge is 0.433 e. The van der Waals surface area contributed by atoms with Crippen LogP contribution >= 0.6 is 0 Å². The second kappa shape index (κ2) is 10.2. The summed E-state index contributed by atoms with van der Waals surface area (Å²) in [6.07, 6.45) is -1.65. The molecular formula is C28H25F3N6O2. The number of aromatic nitrogens is 5. The van der Waals surface area contributed by atoms with Crippen LogP contribution in [0.4, 0.5) is 18.9 Å². The fourth-order valence-electron chi connectivity index (χ4n) is 4.14. The molecule has 5 rings (SSSR count). The van der Waals surface area contributed by atoms with Crippen LogP contribution in [-0.2, 0) is 12.7 Å². The van der Waals surface area contributed by atoms with Crippen LogP contribution < -0.4 is 10.1 Å². The number of hydrogen-bond donors (Lipinski definition) is 1. The van der Waals surface area contributed by atoms with Gasteiger partial charge in [-0.2, -0.15) is 23.4 Å². The van der Waals surface area contributed by atoms with E-state index < -0.39 is 17.8 Å². The van der Waals surface area contributed by atoms with Crippen molar-refractivity contribution in [3.8, 4) is 17.0 Å². The van der Waals surface area contributed by atoms with Gasteiger partial charge in [-0.15, -0.1) is 0 Å². The number of carbonyl (C=O) groups excluding carboxylic acids is 1. The molecule has 0 aliphatic rings. The van der Waals surface area contributed by atoms with Crippen LogP contribution in [-0.4, -0.2) is 37.4 Å². The number of amides is 1. The van der Waals surface area contributed by atoms with Gasteiger partial charge in [-0.1, -0.05) is 50.2 Å². The van der Waals surface area contributed by atoms with Crippen molar-refractivity contribution in [1.29, 1.82) is 0 Å². The summed E-state index contributed by atoms with van der Waals surface area (Å²) < 4.78 is 49.4. The first-order valence-corrected chi connectivity index (χ1v) is 12.2. The van der Waals surface area contributed by atoms with E-state index in [0.29, 0.717) is 28.1 Å². The average molecular weight is 535 g/mol. The SMILES string of the molecule is COc1cccc(Cn2cc(NC(=O)c3cc4nc(-c5ccc(C(C)C)cc5)cc(C(F)(F)F)n4n3)cn2)c1.